The molecular weight excluding hydrogens is 195 g/mol. The Kier molecular flexibility index (Phi) is 2.74. The minimum absolute atomic E-state index is 0.430. The molecule has 3 unspecified atom stereocenters. The van der Waals surface area contributed by atoms with Crippen molar-refractivity contribution in [3.8, 4) is 0 Å². The third kappa shape index (κ3) is 1.41. The zero-order chi connectivity index (χ0) is 12.3. The lowest BCUT2D eigenvalue weighted by atomic mass is 9.27. The van der Waals surface area contributed by atoms with Crippen LogP contribution in [0.4, 0.5) is 0 Å². The van der Waals surface area contributed by atoms with Crippen LogP contribution in [0, 0.1) is 22.7 Å². The van der Waals surface area contributed by atoms with E-state index in [0.29, 0.717) is 29.8 Å². The van der Waals surface area contributed by atoms with Crippen molar-refractivity contribution in [2.75, 3.05) is 0 Å². The summed E-state index contributed by atoms with van der Waals surface area (Å²) in [6.45, 7) is 17.0. The van der Waals surface area contributed by atoms with Gasteiger partial charge in [0.05, 0.1) is 0 Å². The molecule has 0 amide bonds. The van der Waals surface area contributed by atoms with E-state index >= 15 is 0 Å². The molecule has 2 fully saturated rings. The Morgan fingerprint density at radius 3 is 2.19 bits per heavy atom. The van der Waals surface area contributed by atoms with Crippen LogP contribution in [0.3, 0.4) is 0 Å². The number of hydrogen-bond acceptors (Lipinski definition) is 1. The molecule has 3 atom stereocenters. The summed E-state index contributed by atoms with van der Waals surface area (Å²) >= 11 is 0. The molecule has 0 aromatic carbocycles. The van der Waals surface area contributed by atoms with E-state index < -0.39 is 0 Å². The number of fused-ring (bicyclic) bond motifs is 1. The smallest absolute Gasteiger partial charge is 0.294 e. The maximum atomic E-state index is 6.21. The molecule has 0 N–H and O–H groups in total. The Morgan fingerprint density at radius 2 is 1.69 bits per heavy atom. The lowest BCUT2D eigenvalue weighted by molar-refractivity contribution is -0.137. The van der Waals surface area contributed by atoms with Crippen LogP contribution in [0.15, 0.2) is 0 Å². The van der Waals surface area contributed by atoms with Gasteiger partial charge in [0.15, 0.2) is 0 Å². The first-order valence-corrected chi connectivity index (χ1v) is 6.85. The minimum Gasteiger partial charge on any atom is -0.433 e. The van der Waals surface area contributed by atoms with Gasteiger partial charge in [0.25, 0.3) is 6.92 Å². The van der Waals surface area contributed by atoms with Gasteiger partial charge in [-0.05, 0) is 34.9 Å². The van der Waals surface area contributed by atoms with Gasteiger partial charge in [-0.3, -0.25) is 0 Å². The second kappa shape index (κ2) is 3.51. The van der Waals surface area contributed by atoms with Crippen LogP contribution in [-0.4, -0.2) is 13.0 Å². The minimum atomic E-state index is 0.430. The van der Waals surface area contributed by atoms with Crippen molar-refractivity contribution >= 4 is 6.92 Å². The van der Waals surface area contributed by atoms with Crippen LogP contribution >= 0.6 is 0 Å². The second-order valence-electron chi connectivity index (χ2n) is 7.44. The fourth-order valence-corrected chi connectivity index (χ4v) is 4.21. The molecule has 2 heteroatoms. The van der Waals surface area contributed by atoms with E-state index in [1.54, 1.807) is 0 Å². The Balaban J connectivity index is 2.20. The van der Waals surface area contributed by atoms with Crippen molar-refractivity contribution in [2.45, 2.75) is 66.7 Å². The summed E-state index contributed by atoms with van der Waals surface area (Å²) in [5.41, 5.74) is 0.905. The van der Waals surface area contributed by atoms with Gasteiger partial charge in [0.1, 0.15) is 0 Å². The predicted molar refractivity (Wildman–Crippen MR) is 70.7 cm³/mol. The topological polar surface area (TPSA) is 9.23 Å². The van der Waals surface area contributed by atoms with Gasteiger partial charge in [-0.1, -0.05) is 48.4 Å². The summed E-state index contributed by atoms with van der Waals surface area (Å²) in [4.78, 5) is 0. The summed E-state index contributed by atoms with van der Waals surface area (Å²) < 4.78 is 6.21. The van der Waals surface area contributed by atoms with Crippen molar-refractivity contribution in [1.29, 1.82) is 0 Å². The molecule has 1 saturated carbocycles. The average molecular weight is 222 g/mol. The molecule has 0 aromatic heterocycles. The van der Waals surface area contributed by atoms with Crippen molar-refractivity contribution in [3.63, 3.8) is 0 Å². The maximum absolute atomic E-state index is 6.21. The maximum Gasteiger partial charge on any atom is 0.294 e. The number of hydrogen-bond donors (Lipinski definition) is 0. The van der Waals surface area contributed by atoms with Gasteiger partial charge >= 0.3 is 0 Å². The lowest BCUT2D eigenvalue weighted by Gasteiger charge is -2.69. The highest BCUT2D eigenvalue weighted by Gasteiger charge is 2.66. The highest BCUT2D eigenvalue weighted by Crippen LogP contribution is 2.71. The molecule has 16 heavy (non-hydrogen) atoms. The molecule has 0 bridgehead atoms. The third-order valence-corrected chi connectivity index (χ3v) is 5.98. The Morgan fingerprint density at radius 1 is 1.12 bits per heavy atom. The van der Waals surface area contributed by atoms with Gasteiger partial charge in [-0.15, -0.1) is 0 Å². The van der Waals surface area contributed by atoms with Gasteiger partial charge in [0, 0.05) is 6.10 Å². The molecule has 0 aromatic rings. The zero-order valence-electron chi connectivity index (χ0n) is 12.0. The zero-order valence-corrected chi connectivity index (χ0v) is 12.0. The van der Waals surface area contributed by atoms with E-state index in [4.69, 9.17) is 4.65 Å². The monoisotopic (exact) mass is 222 g/mol. The van der Waals surface area contributed by atoms with Crippen LogP contribution in [0.1, 0.15) is 48.0 Å². The summed E-state index contributed by atoms with van der Waals surface area (Å²) in [6, 6.07) is 0. The van der Waals surface area contributed by atoms with Crippen molar-refractivity contribution in [1.82, 2.24) is 0 Å². The van der Waals surface area contributed by atoms with Gasteiger partial charge < -0.3 is 4.65 Å². The highest BCUT2D eigenvalue weighted by atomic mass is 16.4. The molecule has 2 aliphatic rings. The molecule has 1 aliphatic heterocycles. The van der Waals surface area contributed by atoms with E-state index in [2.05, 4.69) is 48.4 Å². The van der Waals surface area contributed by atoms with E-state index in [0.717, 1.165) is 11.7 Å². The predicted octanol–water partition coefficient (Wildman–Crippen LogP) is 4.11. The fourth-order valence-electron chi connectivity index (χ4n) is 4.21. The van der Waals surface area contributed by atoms with Gasteiger partial charge in [-0.2, -0.15) is 0 Å². The third-order valence-electron chi connectivity index (χ3n) is 5.98. The normalized spacial score (nSPS) is 40.5. The average Bonchev–Trinajstić information content (AvgIpc) is 2.15. The van der Waals surface area contributed by atoms with Crippen LogP contribution in [0.2, 0.25) is 12.6 Å². The summed E-state index contributed by atoms with van der Waals surface area (Å²) in [5.74, 6) is 2.28. The SMILES string of the molecule is CB1OC(C(C)C)CC2C1C(C)(C)C2(C)C. The van der Waals surface area contributed by atoms with E-state index in [1.807, 2.05) is 0 Å². The van der Waals surface area contributed by atoms with E-state index in [1.165, 1.54) is 6.42 Å². The molecule has 92 valence electrons. The van der Waals surface area contributed by atoms with Gasteiger partial charge in [-0.25, -0.2) is 0 Å². The Labute approximate surface area is 101 Å². The Bertz CT molecular complexity index is 282. The molecule has 1 aliphatic carbocycles. The van der Waals surface area contributed by atoms with Crippen LogP contribution in [0.25, 0.3) is 0 Å². The molecule has 1 saturated heterocycles. The quantitative estimate of drug-likeness (QED) is 0.607. The molecule has 2 rings (SSSR count). The van der Waals surface area contributed by atoms with Gasteiger partial charge in [0.2, 0.25) is 0 Å². The van der Waals surface area contributed by atoms with Crippen LogP contribution in [-0.2, 0) is 4.65 Å². The first-order chi connectivity index (χ1) is 7.19. The van der Waals surface area contributed by atoms with Crippen LogP contribution < -0.4 is 0 Å². The first-order valence-electron chi connectivity index (χ1n) is 6.85. The van der Waals surface area contributed by atoms with E-state index in [9.17, 15) is 0 Å². The summed E-state index contributed by atoms with van der Waals surface area (Å²) in [5, 5.41) is 0. The van der Waals surface area contributed by atoms with Crippen molar-refractivity contribution < 1.29 is 4.65 Å². The van der Waals surface area contributed by atoms with E-state index in [-0.39, 0.29) is 0 Å². The summed E-state index contributed by atoms with van der Waals surface area (Å²) in [7, 11) is 0. The Hall–Kier alpha value is 0.0249. The molecule has 1 nitrogen and oxygen atoms in total. The van der Waals surface area contributed by atoms with Crippen molar-refractivity contribution in [2.24, 2.45) is 22.7 Å². The first kappa shape index (κ1) is 12.5. The molecule has 0 radical (unpaired) electrons. The molecular formula is C14H27BO. The lowest BCUT2D eigenvalue weighted by Crippen LogP contribution is -2.65. The van der Waals surface area contributed by atoms with Crippen molar-refractivity contribution in [3.05, 3.63) is 0 Å². The second-order valence-corrected chi connectivity index (χ2v) is 7.44. The largest absolute Gasteiger partial charge is 0.433 e. The fraction of sp³-hybridized carbons (Fsp3) is 1.00. The molecule has 0 spiro atoms. The molecule has 1 heterocycles. The number of rotatable bonds is 1. The highest BCUT2D eigenvalue weighted by molar-refractivity contribution is 6.53. The standard InChI is InChI=1S/C14H27BO/c1-9(2)11-8-10-12(15(7)16-11)14(5,6)13(10,3)4/h9-12H,8H2,1-7H3. The van der Waals surface area contributed by atoms with Crippen LogP contribution in [0.5, 0.6) is 0 Å². The summed E-state index contributed by atoms with van der Waals surface area (Å²) in [6.07, 6.45) is 1.75.